The summed E-state index contributed by atoms with van der Waals surface area (Å²) in [6, 6.07) is 6.46. The molecular formula is C9H8Cl2NO3PS. The largest absolute Gasteiger partial charge is 0.325 e. The summed E-state index contributed by atoms with van der Waals surface area (Å²) in [5, 5.41) is 9.37. The molecule has 0 aliphatic carbocycles. The van der Waals surface area contributed by atoms with Gasteiger partial charge in [0.1, 0.15) is 6.10 Å². The van der Waals surface area contributed by atoms with Gasteiger partial charge in [0, 0.05) is 15.6 Å². The van der Waals surface area contributed by atoms with Crippen LogP contribution in [0.15, 0.2) is 18.2 Å². The van der Waals surface area contributed by atoms with E-state index in [2.05, 4.69) is 11.8 Å². The summed E-state index contributed by atoms with van der Waals surface area (Å²) in [5.41, 5.74) is 0.440. The molecule has 0 radical (unpaired) electrons. The summed E-state index contributed by atoms with van der Waals surface area (Å²) in [6.07, 6.45) is -0.980. The average molecular weight is 312 g/mol. The Morgan fingerprint density at radius 2 is 2.12 bits per heavy atom. The van der Waals surface area contributed by atoms with Crippen LogP contribution in [-0.2, 0) is 16.3 Å². The zero-order valence-electron chi connectivity index (χ0n) is 8.38. The van der Waals surface area contributed by atoms with Crippen LogP contribution in [0, 0.1) is 11.3 Å². The third kappa shape index (κ3) is 4.90. The highest BCUT2D eigenvalue weighted by molar-refractivity contribution is 8.06. The summed E-state index contributed by atoms with van der Waals surface area (Å²) in [6.45, 7) is -3.86. The Bertz CT molecular complexity index is 500. The van der Waals surface area contributed by atoms with E-state index >= 15 is 0 Å². The van der Waals surface area contributed by atoms with Crippen molar-refractivity contribution < 1.29 is 14.3 Å². The Morgan fingerprint density at radius 3 is 2.59 bits per heavy atom. The quantitative estimate of drug-likeness (QED) is 0.835. The van der Waals surface area contributed by atoms with E-state index in [1.807, 2.05) is 6.07 Å². The van der Waals surface area contributed by atoms with Crippen molar-refractivity contribution in [1.82, 2.24) is 0 Å². The number of hydrogen-bond acceptors (Lipinski definition) is 3. The molecule has 0 bridgehead atoms. The lowest BCUT2D eigenvalue weighted by Crippen LogP contribution is -2.03. The molecule has 1 atom stereocenters. The number of nitriles is 1. The van der Waals surface area contributed by atoms with E-state index in [4.69, 9.17) is 42.8 Å². The third-order valence-corrected chi connectivity index (χ3v) is 3.20. The summed E-state index contributed by atoms with van der Waals surface area (Å²) >= 11 is 16.0. The number of nitrogens with zero attached hydrogens (tertiary/aromatic N) is 1. The van der Waals surface area contributed by atoms with E-state index in [0.29, 0.717) is 10.6 Å². The molecule has 1 aromatic rings. The van der Waals surface area contributed by atoms with Gasteiger partial charge in [0.05, 0.1) is 12.5 Å². The maximum Gasteiger partial charge on any atom is 0.322 e. The first-order chi connectivity index (χ1) is 7.83. The van der Waals surface area contributed by atoms with Gasteiger partial charge in [-0.2, -0.15) is 5.26 Å². The van der Waals surface area contributed by atoms with E-state index in [1.165, 1.54) is 6.07 Å². The van der Waals surface area contributed by atoms with E-state index < -0.39 is 12.8 Å². The van der Waals surface area contributed by atoms with Crippen molar-refractivity contribution in [2.24, 2.45) is 0 Å². The fourth-order valence-electron chi connectivity index (χ4n) is 1.22. The van der Waals surface area contributed by atoms with Crippen molar-refractivity contribution in [3.05, 3.63) is 33.8 Å². The molecule has 0 saturated carbocycles. The molecule has 1 aromatic carbocycles. The number of benzene rings is 1. The molecule has 0 saturated heterocycles. The van der Waals surface area contributed by atoms with Gasteiger partial charge in [-0.1, -0.05) is 29.3 Å². The van der Waals surface area contributed by atoms with Gasteiger partial charge in [0.2, 0.25) is 0 Å². The Labute approximate surface area is 114 Å². The summed E-state index contributed by atoms with van der Waals surface area (Å²) in [7, 11) is 0. The summed E-state index contributed by atoms with van der Waals surface area (Å²) in [5.74, 6) is 0. The number of hydrogen-bond donors (Lipinski definition) is 2. The second kappa shape index (κ2) is 6.12. The molecule has 0 amide bonds. The molecule has 0 spiro atoms. The van der Waals surface area contributed by atoms with Crippen LogP contribution in [0.4, 0.5) is 0 Å². The van der Waals surface area contributed by atoms with Gasteiger partial charge >= 0.3 is 6.72 Å². The molecule has 0 aliphatic heterocycles. The van der Waals surface area contributed by atoms with Gasteiger partial charge in [-0.05, 0) is 23.9 Å². The first-order valence-corrected chi connectivity index (χ1v) is 7.77. The molecule has 4 nitrogen and oxygen atoms in total. The highest BCUT2D eigenvalue weighted by atomic mass is 35.5. The molecule has 0 unspecified atom stereocenters. The van der Waals surface area contributed by atoms with Crippen LogP contribution in [0.3, 0.4) is 0 Å². The van der Waals surface area contributed by atoms with Gasteiger partial charge in [-0.25, -0.2) is 0 Å². The van der Waals surface area contributed by atoms with E-state index in [0.717, 1.165) is 0 Å². The minimum Gasteiger partial charge on any atom is -0.325 e. The molecule has 0 fully saturated rings. The van der Waals surface area contributed by atoms with E-state index in [1.54, 1.807) is 12.1 Å². The molecule has 2 N–H and O–H groups in total. The second-order valence-corrected chi connectivity index (χ2v) is 6.58. The Kier molecular flexibility index (Phi) is 5.36. The van der Waals surface area contributed by atoms with Crippen LogP contribution < -0.4 is 0 Å². The molecule has 1 rings (SSSR count). The monoisotopic (exact) mass is 311 g/mol. The minimum absolute atomic E-state index is 0.0964. The SMILES string of the molecule is N#CC[C@H](OP(O)(O)=S)c1ccc(Cl)cc1Cl. The van der Waals surface area contributed by atoms with E-state index in [9.17, 15) is 0 Å². The van der Waals surface area contributed by atoms with Gasteiger partial charge < -0.3 is 9.79 Å². The van der Waals surface area contributed by atoms with Crippen LogP contribution in [0.5, 0.6) is 0 Å². The zero-order valence-corrected chi connectivity index (χ0v) is 11.6. The third-order valence-electron chi connectivity index (χ3n) is 1.85. The van der Waals surface area contributed by atoms with Crippen molar-refractivity contribution in [3.8, 4) is 6.07 Å². The molecule has 0 aromatic heterocycles. The Morgan fingerprint density at radius 1 is 1.47 bits per heavy atom. The van der Waals surface area contributed by atoms with Crippen molar-refractivity contribution in [2.45, 2.75) is 12.5 Å². The zero-order chi connectivity index (χ0) is 13.1. The van der Waals surface area contributed by atoms with Crippen molar-refractivity contribution in [1.29, 1.82) is 5.26 Å². The fraction of sp³-hybridized carbons (Fsp3) is 0.222. The number of halogens is 2. The van der Waals surface area contributed by atoms with Crippen LogP contribution in [0.25, 0.3) is 0 Å². The van der Waals surface area contributed by atoms with Crippen LogP contribution >= 0.6 is 29.9 Å². The predicted molar refractivity (Wildman–Crippen MR) is 69.2 cm³/mol. The van der Waals surface area contributed by atoms with Crippen LogP contribution in [0.2, 0.25) is 10.0 Å². The summed E-state index contributed by atoms with van der Waals surface area (Å²) in [4.78, 5) is 18.2. The lowest BCUT2D eigenvalue weighted by atomic mass is 10.1. The van der Waals surface area contributed by atoms with Crippen molar-refractivity contribution in [2.75, 3.05) is 0 Å². The molecule has 92 valence electrons. The molecular weight excluding hydrogens is 304 g/mol. The van der Waals surface area contributed by atoms with Crippen LogP contribution in [0.1, 0.15) is 18.1 Å². The standard InChI is InChI=1S/C9H8Cl2NO3PS/c10-6-1-2-7(8(11)5-6)9(3-4-12)15-16(13,14)17/h1-2,5,9H,3H2,(H2,13,14,17)/t9-/m0/s1. The van der Waals surface area contributed by atoms with Crippen molar-refractivity contribution in [3.63, 3.8) is 0 Å². The summed E-state index contributed by atoms with van der Waals surface area (Å²) < 4.78 is 4.87. The van der Waals surface area contributed by atoms with Crippen LogP contribution in [-0.4, -0.2) is 9.79 Å². The normalized spacial score (nSPS) is 13.1. The first kappa shape index (κ1) is 14.9. The average Bonchev–Trinajstić information content (AvgIpc) is 2.14. The van der Waals surface area contributed by atoms with Gasteiger partial charge in [-0.15, -0.1) is 0 Å². The smallest absolute Gasteiger partial charge is 0.322 e. The topological polar surface area (TPSA) is 73.5 Å². The highest BCUT2D eigenvalue weighted by Gasteiger charge is 2.22. The van der Waals surface area contributed by atoms with Crippen molar-refractivity contribution >= 4 is 41.7 Å². The van der Waals surface area contributed by atoms with Gasteiger partial charge in [-0.3, -0.25) is 4.52 Å². The molecule has 17 heavy (non-hydrogen) atoms. The second-order valence-electron chi connectivity index (χ2n) is 3.11. The minimum atomic E-state index is -3.86. The van der Waals surface area contributed by atoms with Gasteiger partial charge in [0.25, 0.3) is 0 Å². The molecule has 0 heterocycles. The molecule has 0 aliphatic rings. The maximum atomic E-state index is 9.10. The Hall–Kier alpha value is -0.180. The van der Waals surface area contributed by atoms with E-state index in [-0.39, 0.29) is 11.4 Å². The maximum absolute atomic E-state index is 9.10. The first-order valence-electron chi connectivity index (χ1n) is 4.39. The van der Waals surface area contributed by atoms with Gasteiger partial charge in [0.15, 0.2) is 0 Å². The highest BCUT2D eigenvalue weighted by Crippen LogP contribution is 2.45. The predicted octanol–water partition coefficient (Wildman–Crippen LogP) is 3.17. The Balaban J connectivity index is 3.06. The lowest BCUT2D eigenvalue weighted by molar-refractivity contribution is 0.174. The molecule has 8 heteroatoms. The lowest BCUT2D eigenvalue weighted by Gasteiger charge is -2.19. The number of rotatable bonds is 4. The fourth-order valence-corrected chi connectivity index (χ4v) is 2.58.